The Morgan fingerprint density at radius 3 is 2.58 bits per heavy atom. The molecule has 1 fully saturated rings. The molecular weight excluding hydrogens is 502 g/mol. The van der Waals surface area contributed by atoms with Crippen LogP contribution >= 0.6 is 0 Å². The van der Waals surface area contributed by atoms with Crippen LogP contribution in [-0.2, 0) is 16.6 Å². The summed E-state index contributed by atoms with van der Waals surface area (Å²) in [5.74, 6) is 0.144. The van der Waals surface area contributed by atoms with Crippen LogP contribution < -0.4 is 9.46 Å². The number of hydrogen-bond donors (Lipinski definition) is 1. The number of para-hydroxylation sites is 1. The number of aromatic nitrogens is 2. The molecule has 3 heterocycles. The normalized spacial score (nSPS) is 14.4. The molecule has 9 nitrogen and oxygen atoms in total. The van der Waals surface area contributed by atoms with Gasteiger partial charge in [-0.3, -0.25) is 24.4 Å². The number of nitrogens with zero attached hydrogens (tertiary/aromatic N) is 4. The maximum Gasteiger partial charge on any atom is 0.264 e. The third-order valence-electron chi connectivity index (χ3n) is 6.58. The monoisotopic (exact) mass is 531 g/mol. The number of nitrogens with one attached hydrogen (secondary N) is 1. The number of rotatable bonds is 7. The summed E-state index contributed by atoms with van der Waals surface area (Å²) < 4.78 is 34.5. The van der Waals surface area contributed by atoms with Crippen LogP contribution in [0, 0.1) is 6.92 Å². The summed E-state index contributed by atoms with van der Waals surface area (Å²) in [6.45, 7) is 5.54. The number of methoxy groups -OCH3 is 1. The number of amides is 1. The van der Waals surface area contributed by atoms with E-state index in [1.807, 2.05) is 36.4 Å². The Labute approximate surface area is 222 Å². The van der Waals surface area contributed by atoms with Crippen LogP contribution in [0.5, 0.6) is 5.75 Å². The molecule has 1 saturated heterocycles. The van der Waals surface area contributed by atoms with Gasteiger partial charge >= 0.3 is 0 Å². The Balaban J connectivity index is 1.28. The summed E-state index contributed by atoms with van der Waals surface area (Å²) in [6.07, 6.45) is 5.27. The lowest BCUT2D eigenvalue weighted by atomic mass is 10.1. The van der Waals surface area contributed by atoms with E-state index in [1.54, 1.807) is 36.5 Å². The first-order valence-electron chi connectivity index (χ1n) is 12.3. The number of piperazine rings is 1. The Hall–Kier alpha value is -4.02. The summed E-state index contributed by atoms with van der Waals surface area (Å²) >= 11 is 0. The van der Waals surface area contributed by atoms with Gasteiger partial charge in [0.15, 0.2) is 0 Å². The number of ether oxygens (including phenoxy) is 1. The number of fused-ring (bicyclic) bond motifs is 1. The van der Waals surface area contributed by atoms with Gasteiger partial charge in [0.2, 0.25) is 0 Å². The number of sulfonamides is 1. The number of hydrogen-bond acceptors (Lipinski definition) is 7. The topological polar surface area (TPSA) is 105 Å². The highest BCUT2D eigenvalue weighted by molar-refractivity contribution is 7.93. The second-order valence-corrected chi connectivity index (χ2v) is 10.9. The zero-order chi connectivity index (χ0) is 26.7. The molecule has 1 N–H and O–H groups in total. The van der Waals surface area contributed by atoms with E-state index >= 15 is 0 Å². The average molecular weight is 532 g/mol. The molecule has 0 aliphatic carbocycles. The molecule has 0 saturated carbocycles. The second-order valence-electron chi connectivity index (χ2n) is 9.29. The Kier molecular flexibility index (Phi) is 7.26. The van der Waals surface area contributed by atoms with E-state index < -0.39 is 10.0 Å². The molecule has 5 rings (SSSR count). The lowest BCUT2D eigenvalue weighted by Crippen LogP contribution is -2.48. The summed E-state index contributed by atoms with van der Waals surface area (Å²) in [6, 6.07) is 15.4. The maximum atomic E-state index is 13.2. The first-order valence-corrected chi connectivity index (χ1v) is 13.8. The standard InChI is InChI=1S/C28H29N5O4S/c1-20-15-21(18-29-17-20)19-32-11-13-33(14-12-32)28(34)23-8-9-24(25(16-23)37-2)31-38(35,36)26-7-3-5-22-6-4-10-30-27(22)26/h3-10,15-18,31H,11-14,19H2,1-2H3. The minimum Gasteiger partial charge on any atom is -0.495 e. The van der Waals surface area contributed by atoms with Gasteiger partial charge in [0.25, 0.3) is 15.9 Å². The van der Waals surface area contributed by atoms with Crippen molar-refractivity contribution in [3.8, 4) is 5.75 Å². The van der Waals surface area contributed by atoms with Crippen molar-refractivity contribution in [1.29, 1.82) is 0 Å². The van der Waals surface area contributed by atoms with E-state index in [4.69, 9.17) is 4.74 Å². The fourth-order valence-electron chi connectivity index (χ4n) is 4.66. The predicted molar refractivity (Wildman–Crippen MR) is 146 cm³/mol. The van der Waals surface area contributed by atoms with Gasteiger partial charge in [-0.1, -0.05) is 24.3 Å². The predicted octanol–water partition coefficient (Wildman–Crippen LogP) is 3.71. The number of benzene rings is 2. The maximum absolute atomic E-state index is 13.2. The summed E-state index contributed by atoms with van der Waals surface area (Å²) in [5, 5.41) is 0.721. The Morgan fingerprint density at radius 1 is 1.03 bits per heavy atom. The van der Waals surface area contributed by atoms with Crippen LogP contribution in [0.15, 0.2) is 78.1 Å². The van der Waals surface area contributed by atoms with Gasteiger partial charge in [-0.05, 0) is 48.4 Å². The minimum atomic E-state index is -3.96. The largest absolute Gasteiger partial charge is 0.495 e. The van der Waals surface area contributed by atoms with Crippen LogP contribution in [0.25, 0.3) is 10.9 Å². The summed E-state index contributed by atoms with van der Waals surface area (Å²) in [7, 11) is -2.51. The lowest BCUT2D eigenvalue weighted by molar-refractivity contribution is 0.0628. The highest BCUT2D eigenvalue weighted by Gasteiger charge is 2.25. The smallest absolute Gasteiger partial charge is 0.264 e. The molecule has 38 heavy (non-hydrogen) atoms. The minimum absolute atomic E-state index is 0.0668. The molecule has 196 valence electrons. The van der Waals surface area contributed by atoms with Crippen LogP contribution in [0.1, 0.15) is 21.5 Å². The van der Waals surface area contributed by atoms with Crippen molar-refractivity contribution in [2.24, 2.45) is 0 Å². The highest BCUT2D eigenvalue weighted by atomic mass is 32.2. The molecule has 2 aromatic heterocycles. The van der Waals surface area contributed by atoms with Crippen molar-refractivity contribution in [1.82, 2.24) is 19.8 Å². The van der Waals surface area contributed by atoms with Gasteiger partial charge < -0.3 is 9.64 Å². The first kappa shape index (κ1) is 25.6. The number of pyridine rings is 2. The SMILES string of the molecule is COc1cc(C(=O)N2CCN(Cc3cncc(C)c3)CC2)ccc1NS(=O)(=O)c1cccc2cccnc12. The van der Waals surface area contributed by atoms with E-state index in [2.05, 4.69) is 25.7 Å². The van der Waals surface area contributed by atoms with E-state index in [9.17, 15) is 13.2 Å². The van der Waals surface area contributed by atoms with Crippen LogP contribution in [0.3, 0.4) is 0 Å². The Morgan fingerprint density at radius 2 is 1.82 bits per heavy atom. The quantitative estimate of drug-likeness (QED) is 0.388. The summed E-state index contributed by atoms with van der Waals surface area (Å²) in [5.41, 5.74) is 3.35. The zero-order valence-corrected chi connectivity index (χ0v) is 22.1. The van der Waals surface area contributed by atoms with Crippen molar-refractivity contribution < 1.29 is 17.9 Å². The van der Waals surface area contributed by atoms with Crippen LogP contribution in [0.2, 0.25) is 0 Å². The fourth-order valence-corrected chi connectivity index (χ4v) is 5.91. The average Bonchev–Trinajstić information content (AvgIpc) is 2.93. The van der Waals surface area contributed by atoms with Crippen molar-refractivity contribution in [2.45, 2.75) is 18.4 Å². The second kappa shape index (κ2) is 10.8. The number of aryl methyl sites for hydroxylation is 1. The molecule has 0 atom stereocenters. The van der Waals surface area contributed by atoms with E-state index in [0.717, 1.165) is 36.1 Å². The van der Waals surface area contributed by atoms with Crippen LogP contribution in [0.4, 0.5) is 5.69 Å². The van der Waals surface area contributed by atoms with Gasteiger partial charge in [0.05, 0.1) is 18.3 Å². The molecule has 10 heteroatoms. The van der Waals surface area contributed by atoms with E-state index in [1.165, 1.54) is 13.2 Å². The number of carbonyl (C=O) groups excluding carboxylic acids is 1. The van der Waals surface area contributed by atoms with E-state index in [-0.39, 0.29) is 22.2 Å². The van der Waals surface area contributed by atoms with Crippen molar-refractivity contribution in [2.75, 3.05) is 38.0 Å². The molecule has 1 amide bonds. The summed E-state index contributed by atoms with van der Waals surface area (Å²) in [4.78, 5) is 25.9. The van der Waals surface area contributed by atoms with Gasteiger partial charge in [-0.2, -0.15) is 0 Å². The van der Waals surface area contributed by atoms with Gasteiger partial charge in [-0.15, -0.1) is 0 Å². The Bertz CT molecular complexity index is 1580. The van der Waals surface area contributed by atoms with Crippen molar-refractivity contribution in [3.05, 3.63) is 89.9 Å². The number of anilines is 1. The lowest BCUT2D eigenvalue weighted by Gasteiger charge is -2.34. The molecule has 1 aliphatic heterocycles. The van der Waals surface area contributed by atoms with Crippen molar-refractivity contribution in [3.63, 3.8) is 0 Å². The molecule has 0 unspecified atom stereocenters. The third kappa shape index (κ3) is 5.46. The van der Waals surface area contributed by atoms with Gasteiger partial charge in [-0.25, -0.2) is 8.42 Å². The van der Waals surface area contributed by atoms with E-state index in [0.29, 0.717) is 24.2 Å². The highest BCUT2D eigenvalue weighted by Crippen LogP contribution is 2.30. The van der Waals surface area contributed by atoms with Crippen LogP contribution in [-0.4, -0.2) is 67.4 Å². The molecule has 0 radical (unpaired) electrons. The first-order chi connectivity index (χ1) is 18.3. The fraction of sp³-hybridized carbons (Fsp3) is 0.250. The van der Waals surface area contributed by atoms with Crippen molar-refractivity contribution >= 4 is 32.5 Å². The molecular formula is C28H29N5O4S. The van der Waals surface area contributed by atoms with Gasteiger partial charge in [0.1, 0.15) is 10.6 Å². The molecule has 1 aliphatic rings. The zero-order valence-electron chi connectivity index (χ0n) is 21.3. The number of carbonyl (C=O) groups is 1. The molecule has 2 aromatic carbocycles. The van der Waals surface area contributed by atoms with Gasteiger partial charge in [0, 0.05) is 62.3 Å². The molecule has 4 aromatic rings. The molecule has 0 bridgehead atoms. The third-order valence-corrected chi connectivity index (χ3v) is 7.97. The molecule has 0 spiro atoms.